The van der Waals surface area contributed by atoms with Crippen LogP contribution in [0.4, 0.5) is 5.69 Å². The maximum atomic E-state index is 5.34. The quantitative estimate of drug-likeness (QED) is 0.315. The normalized spacial score (nSPS) is 10.9. The van der Waals surface area contributed by atoms with Gasteiger partial charge in [0.15, 0.2) is 0 Å². The van der Waals surface area contributed by atoms with E-state index in [9.17, 15) is 0 Å². The largest absolute Gasteiger partial charge is 0.497 e. The van der Waals surface area contributed by atoms with E-state index in [1.165, 1.54) is 0 Å². The van der Waals surface area contributed by atoms with E-state index >= 15 is 0 Å². The highest BCUT2D eigenvalue weighted by molar-refractivity contribution is 5.93. The Labute approximate surface area is 101 Å². The number of rotatable bonds is 4. The zero-order chi connectivity index (χ0) is 12.7. The maximum Gasteiger partial charge on any atom is 0.210 e. The molecule has 1 aromatic carbocycles. The van der Waals surface area contributed by atoms with Crippen LogP contribution in [-0.2, 0) is 0 Å². The van der Waals surface area contributed by atoms with Gasteiger partial charge in [-0.3, -0.25) is 10.4 Å². The van der Waals surface area contributed by atoms with Crippen molar-refractivity contribution < 1.29 is 9.47 Å². The second-order valence-electron chi connectivity index (χ2n) is 3.19. The van der Waals surface area contributed by atoms with Gasteiger partial charge in [-0.2, -0.15) is 0 Å². The molecule has 94 valence electrons. The van der Waals surface area contributed by atoms with Crippen molar-refractivity contribution in [1.82, 2.24) is 5.43 Å². The zero-order valence-corrected chi connectivity index (χ0v) is 10.3. The molecule has 0 spiro atoms. The van der Waals surface area contributed by atoms with Crippen LogP contribution in [0.2, 0.25) is 0 Å². The number of hydrogen-bond donors (Lipinski definition) is 3. The van der Waals surface area contributed by atoms with Gasteiger partial charge in [0.05, 0.1) is 14.2 Å². The average molecular weight is 238 g/mol. The lowest BCUT2D eigenvalue weighted by Gasteiger charge is -2.11. The molecule has 1 rings (SSSR count). The molecule has 0 atom stereocenters. The summed E-state index contributed by atoms with van der Waals surface area (Å²) in [6.45, 7) is 2.55. The van der Waals surface area contributed by atoms with Crippen molar-refractivity contribution in [3.63, 3.8) is 0 Å². The molecule has 0 bridgehead atoms. The number of ether oxygens (including phenoxy) is 2. The van der Waals surface area contributed by atoms with Gasteiger partial charge in [-0.25, -0.2) is 5.84 Å². The summed E-state index contributed by atoms with van der Waals surface area (Å²) in [4.78, 5) is 4.14. The fourth-order valence-corrected chi connectivity index (χ4v) is 1.30. The molecule has 17 heavy (non-hydrogen) atoms. The number of nitrogens with two attached hydrogens (primary N) is 1. The Bertz CT molecular complexity index is 371. The molecular formula is C11H18N4O2. The molecule has 0 radical (unpaired) electrons. The number of anilines is 1. The van der Waals surface area contributed by atoms with Crippen molar-refractivity contribution in [2.45, 2.75) is 6.92 Å². The van der Waals surface area contributed by atoms with E-state index in [1.807, 2.05) is 19.1 Å². The van der Waals surface area contributed by atoms with Gasteiger partial charge in [0.2, 0.25) is 5.96 Å². The third-order valence-corrected chi connectivity index (χ3v) is 2.07. The van der Waals surface area contributed by atoms with E-state index < -0.39 is 0 Å². The van der Waals surface area contributed by atoms with Crippen LogP contribution in [0.3, 0.4) is 0 Å². The first-order valence-corrected chi connectivity index (χ1v) is 5.24. The highest BCUT2D eigenvalue weighted by atomic mass is 16.5. The van der Waals surface area contributed by atoms with Crippen molar-refractivity contribution in [3.05, 3.63) is 18.2 Å². The SMILES string of the molecule is CCN=C(NN)Nc1cc(OC)cc(OC)c1. The smallest absolute Gasteiger partial charge is 0.210 e. The molecule has 0 unspecified atom stereocenters. The Hall–Kier alpha value is -1.95. The lowest BCUT2D eigenvalue weighted by atomic mass is 10.3. The van der Waals surface area contributed by atoms with Crippen molar-refractivity contribution in [3.8, 4) is 11.5 Å². The van der Waals surface area contributed by atoms with E-state index in [0.29, 0.717) is 24.0 Å². The molecule has 0 heterocycles. The predicted octanol–water partition coefficient (Wildman–Crippen LogP) is 0.955. The van der Waals surface area contributed by atoms with E-state index in [0.717, 1.165) is 5.69 Å². The molecule has 0 aliphatic rings. The molecule has 0 saturated heterocycles. The Balaban J connectivity index is 2.93. The molecule has 0 aliphatic heterocycles. The summed E-state index contributed by atoms with van der Waals surface area (Å²) in [6, 6.07) is 5.44. The first-order chi connectivity index (χ1) is 8.23. The Morgan fingerprint density at radius 1 is 1.24 bits per heavy atom. The van der Waals surface area contributed by atoms with Crippen LogP contribution in [0.15, 0.2) is 23.2 Å². The maximum absolute atomic E-state index is 5.34. The fraction of sp³-hybridized carbons (Fsp3) is 0.364. The predicted molar refractivity (Wildman–Crippen MR) is 68.5 cm³/mol. The summed E-state index contributed by atoms with van der Waals surface area (Å²) in [6.07, 6.45) is 0. The molecular weight excluding hydrogens is 220 g/mol. The second-order valence-corrected chi connectivity index (χ2v) is 3.19. The van der Waals surface area contributed by atoms with Crippen LogP contribution >= 0.6 is 0 Å². The molecule has 0 aromatic heterocycles. The van der Waals surface area contributed by atoms with Crippen molar-refractivity contribution in [2.24, 2.45) is 10.8 Å². The molecule has 0 aliphatic carbocycles. The number of benzene rings is 1. The molecule has 1 aromatic rings. The average Bonchev–Trinajstić information content (AvgIpc) is 2.37. The number of hydrogen-bond acceptors (Lipinski definition) is 4. The number of aliphatic imine (C=N–C) groups is 1. The first-order valence-electron chi connectivity index (χ1n) is 5.24. The zero-order valence-electron chi connectivity index (χ0n) is 10.3. The van der Waals surface area contributed by atoms with Gasteiger partial charge in [0, 0.05) is 30.4 Å². The van der Waals surface area contributed by atoms with Gasteiger partial charge >= 0.3 is 0 Å². The van der Waals surface area contributed by atoms with Crippen molar-refractivity contribution in [1.29, 1.82) is 0 Å². The van der Waals surface area contributed by atoms with Gasteiger partial charge in [0.1, 0.15) is 11.5 Å². The first kappa shape index (κ1) is 13.1. The number of nitrogens with zero attached hydrogens (tertiary/aromatic N) is 1. The van der Waals surface area contributed by atoms with Crippen LogP contribution in [0.25, 0.3) is 0 Å². The monoisotopic (exact) mass is 238 g/mol. The molecule has 0 fully saturated rings. The minimum Gasteiger partial charge on any atom is -0.497 e. The van der Waals surface area contributed by atoms with Gasteiger partial charge in [0.25, 0.3) is 0 Å². The highest BCUT2D eigenvalue weighted by Crippen LogP contribution is 2.25. The van der Waals surface area contributed by atoms with Crippen LogP contribution < -0.4 is 26.1 Å². The van der Waals surface area contributed by atoms with E-state index in [4.69, 9.17) is 15.3 Å². The van der Waals surface area contributed by atoms with Crippen LogP contribution in [0.1, 0.15) is 6.92 Å². The van der Waals surface area contributed by atoms with E-state index in [-0.39, 0.29) is 0 Å². The van der Waals surface area contributed by atoms with Gasteiger partial charge in [-0.1, -0.05) is 0 Å². The van der Waals surface area contributed by atoms with Crippen molar-refractivity contribution >= 4 is 11.6 Å². The third kappa shape index (κ3) is 3.84. The topological polar surface area (TPSA) is 80.9 Å². The second kappa shape index (κ2) is 6.59. The highest BCUT2D eigenvalue weighted by Gasteiger charge is 2.03. The third-order valence-electron chi connectivity index (χ3n) is 2.07. The van der Waals surface area contributed by atoms with E-state index in [1.54, 1.807) is 20.3 Å². The van der Waals surface area contributed by atoms with Crippen LogP contribution in [0.5, 0.6) is 11.5 Å². The Kier molecular flexibility index (Phi) is 5.09. The summed E-state index contributed by atoms with van der Waals surface area (Å²) in [7, 11) is 3.20. The van der Waals surface area contributed by atoms with Crippen LogP contribution in [-0.4, -0.2) is 26.7 Å². The minimum absolute atomic E-state index is 0.489. The lowest BCUT2D eigenvalue weighted by Crippen LogP contribution is -2.36. The summed E-state index contributed by atoms with van der Waals surface area (Å²) in [5.74, 6) is 7.22. The number of nitrogens with one attached hydrogen (secondary N) is 2. The summed E-state index contributed by atoms with van der Waals surface area (Å²) < 4.78 is 10.3. The molecule has 0 saturated carbocycles. The number of methoxy groups -OCH3 is 2. The Morgan fingerprint density at radius 2 is 1.82 bits per heavy atom. The van der Waals surface area contributed by atoms with Crippen molar-refractivity contribution in [2.75, 3.05) is 26.1 Å². The molecule has 6 nitrogen and oxygen atoms in total. The van der Waals surface area contributed by atoms with Gasteiger partial charge < -0.3 is 14.8 Å². The van der Waals surface area contributed by atoms with E-state index in [2.05, 4.69) is 15.7 Å². The summed E-state index contributed by atoms with van der Waals surface area (Å²) in [5, 5.41) is 3.03. The molecule has 0 amide bonds. The lowest BCUT2D eigenvalue weighted by molar-refractivity contribution is 0.395. The minimum atomic E-state index is 0.489. The summed E-state index contributed by atoms with van der Waals surface area (Å²) >= 11 is 0. The van der Waals surface area contributed by atoms with Crippen LogP contribution in [0, 0.1) is 0 Å². The fourth-order valence-electron chi connectivity index (χ4n) is 1.30. The number of guanidine groups is 1. The van der Waals surface area contributed by atoms with Gasteiger partial charge in [-0.15, -0.1) is 0 Å². The number of hydrazine groups is 1. The molecule has 6 heteroatoms. The Morgan fingerprint density at radius 3 is 2.24 bits per heavy atom. The van der Waals surface area contributed by atoms with Gasteiger partial charge in [-0.05, 0) is 6.92 Å². The summed E-state index contributed by atoms with van der Waals surface area (Å²) in [5.41, 5.74) is 3.27. The standard InChI is InChI=1S/C11H18N4O2/c1-4-13-11(15-12)14-8-5-9(16-2)7-10(6-8)17-3/h5-7H,4,12H2,1-3H3,(H2,13,14,15). The molecule has 4 N–H and O–H groups in total.